The molecule has 2 heteroatoms. The minimum Gasteiger partial charge on any atom is -0.303 e. The number of hydrogen-bond donors (Lipinski definition) is 0. The largest absolute Gasteiger partial charge is 0.303 e. The lowest BCUT2D eigenvalue weighted by atomic mass is 9.43. The van der Waals surface area contributed by atoms with Crippen molar-refractivity contribution in [1.82, 2.24) is 4.90 Å². The molecule has 4 saturated carbocycles. The molecule has 0 bridgehead atoms. The summed E-state index contributed by atoms with van der Waals surface area (Å²) in [5.41, 5.74) is 4.16. The maximum atomic E-state index is 12.4. The Kier molecular flexibility index (Phi) is 3.48. The third kappa shape index (κ3) is 1.85. The number of likely N-dealkylation sites (N-methyl/N-ethyl adjacent to an activating group) is 1. The van der Waals surface area contributed by atoms with Crippen LogP contribution in [-0.4, -0.2) is 30.8 Å². The highest BCUT2D eigenvalue weighted by atomic mass is 16.1. The highest BCUT2D eigenvalue weighted by Crippen LogP contribution is 2.87. The summed E-state index contributed by atoms with van der Waals surface area (Å²) in [5.74, 6) is 1.84. The molecule has 2 nitrogen and oxygen atoms in total. The van der Waals surface area contributed by atoms with Crippen LogP contribution in [0.4, 0.5) is 0 Å². The molecule has 0 saturated heterocycles. The van der Waals surface area contributed by atoms with Gasteiger partial charge >= 0.3 is 0 Å². The molecule has 0 radical (unpaired) electrons. The monoisotopic (exact) mass is 367 g/mol. The highest BCUT2D eigenvalue weighted by molar-refractivity contribution is 5.95. The fourth-order valence-electron chi connectivity index (χ4n) is 9.26. The summed E-state index contributed by atoms with van der Waals surface area (Å²) in [4.78, 5) is 14.8. The molecule has 0 heterocycles. The summed E-state index contributed by atoms with van der Waals surface area (Å²) in [5, 5.41) is 0. The standard InChI is InChI=1S/C25H37NO/c1-16-18-7-8-21-23(4)11-9-19(17(2)27)22(23,3)13-14-25(21)15-24(18,25)12-10-20(16)26(5)6/h9,18,20-21H,1,7-8,10-15H2,2-6H3/t18-,20-,21-,22+,23-,24+,25-/m0/s1. The average Bonchev–Trinajstić information content (AvgIpc) is 3.16. The van der Waals surface area contributed by atoms with Crippen molar-refractivity contribution in [3.63, 3.8) is 0 Å². The van der Waals surface area contributed by atoms with Gasteiger partial charge in [0.25, 0.3) is 0 Å². The molecule has 4 fully saturated rings. The highest BCUT2D eigenvalue weighted by Gasteiger charge is 2.80. The van der Waals surface area contributed by atoms with Crippen LogP contribution in [0.2, 0.25) is 0 Å². The predicted octanol–water partition coefficient (Wildman–Crippen LogP) is 5.39. The van der Waals surface area contributed by atoms with E-state index in [0.29, 0.717) is 22.7 Å². The number of rotatable bonds is 2. The zero-order valence-electron chi connectivity index (χ0n) is 18.0. The normalized spacial score (nSPS) is 53.2. The van der Waals surface area contributed by atoms with Crippen molar-refractivity contribution < 1.29 is 4.79 Å². The zero-order chi connectivity index (χ0) is 19.4. The van der Waals surface area contributed by atoms with E-state index in [1.165, 1.54) is 50.5 Å². The molecule has 0 aromatic heterocycles. The molecule has 7 atom stereocenters. The Labute approximate surface area is 165 Å². The van der Waals surface area contributed by atoms with Crippen molar-refractivity contribution in [2.45, 2.75) is 78.2 Å². The van der Waals surface area contributed by atoms with E-state index in [0.717, 1.165) is 23.8 Å². The first-order valence-corrected chi connectivity index (χ1v) is 11.2. The topological polar surface area (TPSA) is 20.3 Å². The number of Topliss-reactive ketones (excluding diaryl/α,β-unsaturated/α-hetero) is 1. The second kappa shape index (κ2) is 5.17. The third-order valence-electron chi connectivity index (χ3n) is 10.7. The van der Waals surface area contributed by atoms with Gasteiger partial charge in [0.15, 0.2) is 5.78 Å². The number of hydrogen-bond acceptors (Lipinski definition) is 2. The van der Waals surface area contributed by atoms with Gasteiger partial charge in [0, 0.05) is 11.5 Å². The molecule has 5 aliphatic rings. The summed E-state index contributed by atoms with van der Waals surface area (Å²) in [6.07, 6.45) is 12.8. The Morgan fingerprint density at radius 1 is 1.11 bits per heavy atom. The van der Waals surface area contributed by atoms with E-state index in [4.69, 9.17) is 0 Å². The molecule has 0 unspecified atom stereocenters. The van der Waals surface area contributed by atoms with Crippen molar-refractivity contribution in [2.75, 3.05) is 14.1 Å². The molecular formula is C25H37NO. The van der Waals surface area contributed by atoms with Crippen LogP contribution in [0.15, 0.2) is 23.8 Å². The van der Waals surface area contributed by atoms with E-state index in [2.05, 4.69) is 45.5 Å². The number of allylic oxidation sites excluding steroid dienone is 2. The summed E-state index contributed by atoms with van der Waals surface area (Å²) >= 11 is 0. The van der Waals surface area contributed by atoms with Crippen LogP contribution in [-0.2, 0) is 4.79 Å². The van der Waals surface area contributed by atoms with Crippen LogP contribution >= 0.6 is 0 Å². The number of ketones is 1. The maximum absolute atomic E-state index is 12.4. The number of carbonyl (C=O) groups is 1. The van der Waals surface area contributed by atoms with Crippen LogP contribution in [0.1, 0.15) is 72.1 Å². The summed E-state index contributed by atoms with van der Waals surface area (Å²) in [7, 11) is 4.45. The minimum absolute atomic E-state index is 0.100. The van der Waals surface area contributed by atoms with Gasteiger partial charge in [0.1, 0.15) is 0 Å². The number of fused-ring (bicyclic) bond motifs is 2. The van der Waals surface area contributed by atoms with E-state index in [9.17, 15) is 4.79 Å². The van der Waals surface area contributed by atoms with Crippen LogP contribution < -0.4 is 0 Å². The molecule has 0 aromatic rings. The van der Waals surface area contributed by atoms with Gasteiger partial charge in [-0.2, -0.15) is 0 Å². The summed E-state index contributed by atoms with van der Waals surface area (Å²) < 4.78 is 0. The Morgan fingerprint density at radius 2 is 1.85 bits per heavy atom. The molecular weight excluding hydrogens is 330 g/mol. The molecule has 0 aliphatic heterocycles. The molecule has 5 rings (SSSR count). The van der Waals surface area contributed by atoms with Crippen molar-refractivity contribution >= 4 is 5.78 Å². The second-order valence-corrected chi connectivity index (χ2v) is 11.4. The van der Waals surface area contributed by atoms with Crippen LogP contribution in [0.25, 0.3) is 0 Å². The lowest BCUT2D eigenvalue weighted by Crippen LogP contribution is -2.55. The molecule has 0 aromatic carbocycles. The van der Waals surface area contributed by atoms with Crippen molar-refractivity contribution in [3.05, 3.63) is 23.8 Å². The quantitative estimate of drug-likeness (QED) is 0.610. The van der Waals surface area contributed by atoms with Gasteiger partial charge in [-0.15, -0.1) is 0 Å². The average molecular weight is 368 g/mol. The third-order valence-corrected chi connectivity index (χ3v) is 10.7. The summed E-state index contributed by atoms with van der Waals surface area (Å²) in [6, 6.07) is 0.580. The van der Waals surface area contributed by atoms with E-state index >= 15 is 0 Å². The fourth-order valence-corrected chi connectivity index (χ4v) is 9.26. The summed E-state index contributed by atoms with van der Waals surface area (Å²) in [6.45, 7) is 11.4. The molecule has 148 valence electrons. The Morgan fingerprint density at radius 3 is 2.52 bits per heavy atom. The van der Waals surface area contributed by atoms with E-state index in [1.54, 1.807) is 6.92 Å². The zero-order valence-corrected chi connectivity index (χ0v) is 18.0. The Hall–Kier alpha value is -0.890. The lowest BCUT2D eigenvalue weighted by Gasteiger charge is -2.61. The molecule has 0 N–H and O–H groups in total. The van der Waals surface area contributed by atoms with Gasteiger partial charge < -0.3 is 4.90 Å². The fraction of sp³-hybridized carbons (Fsp3) is 0.800. The second-order valence-electron chi connectivity index (χ2n) is 11.4. The van der Waals surface area contributed by atoms with Crippen LogP contribution in [0.3, 0.4) is 0 Å². The van der Waals surface area contributed by atoms with Gasteiger partial charge in [-0.05, 0) is 106 Å². The first kappa shape index (κ1) is 18.2. The van der Waals surface area contributed by atoms with Crippen molar-refractivity contribution in [1.29, 1.82) is 0 Å². The minimum atomic E-state index is 0.100. The number of carbonyl (C=O) groups excluding carboxylic acids is 1. The Bertz CT molecular complexity index is 764. The SMILES string of the molecule is C=C1[C@@H](N(C)C)CC[C@]23C[C@]24CC[C@]2(C)C(C(C)=O)=CC[C@@]2(C)[C@@H]4CC[C@@H]13. The molecule has 0 amide bonds. The first-order chi connectivity index (χ1) is 12.6. The first-order valence-electron chi connectivity index (χ1n) is 11.2. The van der Waals surface area contributed by atoms with Crippen LogP contribution in [0.5, 0.6) is 0 Å². The van der Waals surface area contributed by atoms with Crippen molar-refractivity contribution in [3.8, 4) is 0 Å². The predicted molar refractivity (Wildman–Crippen MR) is 110 cm³/mol. The molecule has 5 aliphatic carbocycles. The van der Waals surface area contributed by atoms with Gasteiger partial charge in [-0.1, -0.05) is 32.1 Å². The molecule has 27 heavy (non-hydrogen) atoms. The number of nitrogens with zero attached hydrogens (tertiary/aromatic N) is 1. The van der Waals surface area contributed by atoms with Gasteiger partial charge in [-0.3, -0.25) is 4.79 Å². The maximum Gasteiger partial charge on any atom is 0.156 e. The van der Waals surface area contributed by atoms with E-state index in [-0.39, 0.29) is 10.8 Å². The van der Waals surface area contributed by atoms with Gasteiger partial charge in [0.2, 0.25) is 0 Å². The van der Waals surface area contributed by atoms with Gasteiger partial charge in [0.05, 0.1) is 0 Å². The Balaban J connectivity index is 1.51. The van der Waals surface area contributed by atoms with Crippen molar-refractivity contribution in [2.24, 2.45) is 33.5 Å². The van der Waals surface area contributed by atoms with Gasteiger partial charge in [-0.25, -0.2) is 0 Å². The lowest BCUT2D eigenvalue weighted by molar-refractivity contribution is -0.121. The van der Waals surface area contributed by atoms with E-state index in [1.807, 2.05) is 0 Å². The van der Waals surface area contributed by atoms with E-state index < -0.39 is 0 Å². The smallest absolute Gasteiger partial charge is 0.156 e. The molecule has 2 spiro atoms. The van der Waals surface area contributed by atoms with Crippen LogP contribution in [0, 0.1) is 33.5 Å².